The van der Waals surface area contributed by atoms with Crippen molar-refractivity contribution in [2.45, 2.75) is 26.2 Å². The summed E-state index contributed by atoms with van der Waals surface area (Å²) in [4.78, 5) is 0. The van der Waals surface area contributed by atoms with Gasteiger partial charge in [0, 0.05) is 6.16 Å². The van der Waals surface area contributed by atoms with E-state index in [0.717, 1.165) is 19.3 Å². The van der Waals surface area contributed by atoms with E-state index >= 15 is 0 Å². The predicted octanol–water partition coefficient (Wildman–Crippen LogP) is 1.29. The van der Waals surface area contributed by atoms with E-state index in [0.29, 0.717) is 6.16 Å². The predicted molar refractivity (Wildman–Crippen MR) is 40.4 cm³/mol. The molecular weight excluding hydrogens is 135 g/mol. The highest BCUT2D eigenvalue weighted by Gasteiger charge is 2.05. The monoisotopic (exact) mass is 150 g/mol. The summed E-state index contributed by atoms with van der Waals surface area (Å²) in [6, 6.07) is 0. The molecule has 0 saturated heterocycles. The van der Waals surface area contributed by atoms with Gasteiger partial charge in [-0.2, -0.15) is 0 Å². The maximum Gasteiger partial charge on any atom is 0.206 e. The van der Waals surface area contributed by atoms with E-state index in [1.807, 2.05) is 0 Å². The molecule has 0 aliphatic heterocycles. The third-order valence-corrected chi connectivity index (χ3v) is 2.13. The Hall–Kier alpha value is 0.150. The lowest BCUT2D eigenvalue weighted by Crippen LogP contribution is -2.08. The molecule has 0 aromatic heterocycles. The minimum Gasteiger partial charge on any atom is -0.290 e. The average molecular weight is 150 g/mol. The Labute approximate surface area is 56.3 Å². The molecule has 0 aliphatic carbocycles. The summed E-state index contributed by atoms with van der Waals surface area (Å²) in [6.07, 6.45) is 3.56. The topological polar surface area (TPSA) is 69.1 Å². The van der Waals surface area contributed by atoms with Gasteiger partial charge in [-0.25, -0.2) is 0 Å². The van der Waals surface area contributed by atoms with Crippen LogP contribution >= 0.6 is 7.44 Å². The van der Waals surface area contributed by atoms with Crippen molar-refractivity contribution in [2.75, 3.05) is 6.16 Å². The highest BCUT2D eigenvalue weighted by atomic mass is 31.2. The molecule has 4 N–H and O–H groups in total. The molecule has 0 saturated carbocycles. The van der Waals surface area contributed by atoms with Crippen LogP contribution in [0.4, 0.5) is 0 Å². The van der Waals surface area contributed by atoms with Gasteiger partial charge >= 0.3 is 0 Å². The summed E-state index contributed by atoms with van der Waals surface area (Å²) in [5, 5.41) is 0. The van der Waals surface area contributed by atoms with Crippen LogP contribution in [0.2, 0.25) is 0 Å². The zero-order valence-corrected chi connectivity index (χ0v) is 6.73. The highest BCUT2D eigenvalue weighted by molar-refractivity contribution is 7.58. The van der Waals surface area contributed by atoms with Gasteiger partial charge in [-0.1, -0.05) is 19.8 Å². The van der Waals surface area contributed by atoms with E-state index in [-0.39, 0.29) is 0 Å². The van der Waals surface area contributed by atoms with Crippen molar-refractivity contribution >= 4 is 7.44 Å². The summed E-state index contributed by atoms with van der Waals surface area (Å²) in [5.41, 5.74) is 10.2. The van der Waals surface area contributed by atoms with Crippen LogP contribution in [-0.4, -0.2) is 6.16 Å². The van der Waals surface area contributed by atoms with E-state index in [2.05, 4.69) is 6.92 Å². The highest BCUT2D eigenvalue weighted by Crippen LogP contribution is 2.25. The Morgan fingerprint density at radius 2 is 1.89 bits per heavy atom. The van der Waals surface area contributed by atoms with Gasteiger partial charge in [0.15, 0.2) is 0 Å². The van der Waals surface area contributed by atoms with Crippen LogP contribution in [0.3, 0.4) is 0 Å². The van der Waals surface area contributed by atoms with Crippen LogP contribution in [0.15, 0.2) is 0 Å². The normalized spacial score (nSPS) is 11.9. The van der Waals surface area contributed by atoms with Gasteiger partial charge in [0.2, 0.25) is 7.44 Å². The summed E-state index contributed by atoms with van der Waals surface area (Å²) in [5.74, 6) is 0. The van der Waals surface area contributed by atoms with Gasteiger partial charge in [0.1, 0.15) is 0 Å². The van der Waals surface area contributed by atoms with E-state index in [1.165, 1.54) is 0 Å². The van der Waals surface area contributed by atoms with Gasteiger partial charge in [-0.15, -0.1) is 0 Å². The van der Waals surface area contributed by atoms with Crippen molar-refractivity contribution in [1.29, 1.82) is 0 Å². The van der Waals surface area contributed by atoms with Crippen LogP contribution in [0.25, 0.3) is 0 Å². The number of hydrogen-bond acceptors (Lipinski definition) is 1. The van der Waals surface area contributed by atoms with Gasteiger partial charge in [0.25, 0.3) is 0 Å². The van der Waals surface area contributed by atoms with Crippen molar-refractivity contribution in [3.05, 3.63) is 0 Å². The molecule has 0 aliphatic rings. The lowest BCUT2D eigenvalue weighted by Gasteiger charge is -2.03. The van der Waals surface area contributed by atoms with Crippen molar-refractivity contribution in [2.24, 2.45) is 11.0 Å². The second-order valence-corrected chi connectivity index (χ2v) is 4.44. The molecule has 9 heavy (non-hydrogen) atoms. The molecule has 0 spiro atoms. The molecule has 0 aromatic rings. The van der Waals surface area contributed by atoms with Crippen molar-refractivity contribution in [3.63, 3.8) is 0 Å². The summed E-state index contributed by atoms with van der Waals surface area (Å²) < 4.78 is 10.6. The van der Waals surface area contributed by atoms with E-state index in [1.54, 1.807) is 0 Å². The smallest absolute Gasteiger partial charge is 0.206 e. The number of unbranched alkanes of at least 4 members (excludes halogenated alkanes) is 2. The first kappa shape index (κ1) is 9.15. The van der Waals surface area contributed by atoms with Gasteiger partial charge in [-0.05, 0) is 6.42 Å². The van der Waals surface area contributed by atoms with Crippen LogP contribution in [0.1, 0.15) is 26.2 Å². The molecule has 0 fully saturated rings. The molecular formula is C5H15N2OP. The Morgan fingerprint density at radius 3 is 2.22 bits per heavy atom. The molecule has 0 atom stereocenters. The molecule has 56 valence electrons. The first-order valence-electron chi connectivity index (χ1n) is 3.22. The molecule has 0 heterocycles. The second kappa shape index (κ2) is 4.04. The molecule has 3 nitrogen and oxygen atoms in total. The van der Waals surface area contributed by atoms with Crippen molar-refractivity contribution in [3.8, 4) is 0 Å². The fourth-order valence-corrected chi connectivity index (χ4v) is 1.33. The third kappa shape index (κ3) is 8.15. The Bertz CT molecular complexity index is 110. The molecule has 0 rings (SSSR count). The summed E-state index contributed by atoms with van der Waals surface area (Å²) >= 11 is 0. The summed E-state index contributed by atoms with van der Waals surface area (Å²) in [7, 11) is -2.70. The van der Waals surface area contributed by atoms with E-state index < -0.39 is 7.44 Å². The molecule has 0 unspecified atom stereocenters. The molecule has 0 radical (unpaired) electrons. The first-order valence-corrected chi connectivity index (χ1v) is 5.25. The van der Waals surface area contributed by atoms with Crippen LogP contribution in [0.5, 0.6) is 0 Å². The Balaban J connectivity index is 3.18. The molecule has 4 heteroatoms. The Morgan fingerprint density at radius 1 is 1.33 bits per heavy atom. The van der Waals surface area contributed by atoms with Gasteiger partial charge in [-0.3, -0.25) is 15.6 Å². The standard InChI is InChI=1S/C5H15N2OP/c1-2-3-4-5-9(6,7)8/h2-5H2,1H3,(H4,6,7,8). The number of rotatable bonds is 4. The molecule has 0 bridgehead atoms. The number of nitrogens with two attached hydrogens (primary N) is 2. The molecule has 0 aromatic carbocycles. The second-order valence-electron chi connectivity index (χ2n) is 2.28. The van der Waals surface area contributed by atoms with E-state index in [4.69, 9.17) is 11.0 Å². The zero-order valence-electron chi connectivity index (χ0n) is 5.84. The van der Waals surface area contributed by atoms with Crippen molar-refractivity contribution < 1.29 is 4.57 Å². The first-order chi connectivity index (χ1) is 4.06. The lowest BCUT2D eigenvalue weighted by molar-refractivity contribution is 0.573. The third-order valence-electron chi connectivity index (χ3n) is 1.11. The van der Waals surface area contributed by atoms with Gasteiger partial charge in [0.05, 0.1) is 0 Å². The quantitative estimate of drug-likeness (QED) is 0.468. The van der Waals surface area contributed by atoms with Crippen LogP contribution in [0, 0.1) is 0 Å². The maximum atomic E-state index is 10.6. The van der Waals surface area contributed by atoms with Crippen molar-refractivity contribution in [1.82, 2.24) is 0 Å². The SMILES string of the molecule is CCCCCP(N)(N)=O. The van der Waals surface area contributed by atoms with E-state index in [9.17, 15) is 4.57 Å². The largest absolute Gasteiger partial charge is 0.290 e. The fraction of sp³-hybridized carbons (Fsp3) is 1.00. The van der Waals surface area contributed by atoms with Gasteiger partial charge < -0.3 is 0 Å². The zero-order chi connectivity index (χ0) is 7.33. The minimum atomic E-state index is -2.70. The maximum absolute atomic E-state index is 10.6. The Kier molecular flexibility index (Phi) is 4.11. The molecule has 0 amide bonds. The minimum absolute atomic E-state index is 0.487. The summed E-state index contributed by atoms with van der Waals surface area (Å²) in [6.45, 7) is 2.08. The number of hydrogen-bond donors (Lipinski definition) is 2. The fourth-order valence-electron chi connectivity index (χ4n) is 0.609. The lowest BCUT2D eigenvalue weighted by atomic mass is 10.3. The van der Waals surface area contributed by atoms with Crippen LogP contribution < -0.4 is 11.0 Å². The van der Waals surface area contributed by atoms with Crippen LogP contribution in [-0.2, 0) is 4.57 Å². The average Bonchev–Trinajstić information content (AvgIpc) is 1.63.